The molecule has 0 atom stereocenters. The molecule has 4 heteroatoms. The molecule has 4 nitrogen and oxygen atoms in total. The van der Waals surface area contributed by atoms with Gasteiger partial charge in [0.25, 0.3) is 0 Å². The first-order valence-corrected chi connectivity index (χ1v) is 18.9. The summed E-state index contributed by atoms with van der Waals surface area (Å²) in [6.45, 7) is 0. The molecule has 11 aromatic rings. The Bertz CT molecular complexity index is 3230. The van der Waals surface area contributed by atoms with Crippen molar-refractivity contribution < 1.29 is 0 Å². The second-order valence-electron chi connectivity index (χ2n) is 14.3. The Balaban J connectivity index is 1.20. The van der Waals surface area contributed by atoms with Crippen LogP contribution < -0.4 is 0 Å². The van der Waals surface area contributed by atoms with Gasteiger partial charge < -0.3 is 0 Å². The zero-order valence-corrected chi connectivity index (χ0v) is 30.3. The number of hydrogen-bond acceptors (Lipinski definition) is 4. The van der Waals surface area contributed by atoms with Gasteiger partial charge in [-0.3, -0.25) is 4.98 Å². The number of fused-ring (bicyclic) bond motifs is 8. The van der Waals surface area contributed by atoms with Crippen molar-refractivity contribution in [1.29, 1.82) is 0 Å². The van der Waals surface area contributed by atoms with Gasteiger partial charge in [0.2, 0.25) is 0 Å². The van der Waals surface area contributed by atoms with Crippen LogP contribution in [0.2, 0.25) is 0 Å². The number of pyridine rings is 1. The standard InChI is InChI=1S/C52H32N4/c1-3-13-34(14-4-1)50-54-51(35-15-5-2-6-16-35)56-52(55-50)40-29-38(37-18-11-27-53-32-37)28-39(30-40)49-42-20-10-8-17-36(42)31-48-46-24-23-43-41-19-9-7-12-33(41)21-22-44(43)45(46)25-26-47(48)49/h1-32H. The summed E-state index contributed by atoms with van der Waals surface area (Å²) in [7, 11) is 0. The molecule has 0 bridgehead atoms. The lowest BCUT2D eigenvalue weighted by atomic mass is 9.87. The van der Waals surface area contributed by atoms with E-state index < -0.39 is 0 Å². The molecule has 11 rings (SSSR count). The van der Waals surface area contributed by atoms with Gasteiger partial charge in [-0.1, -0.05) is 152 Å². The Kier molecular flexibility index (Phi) is 7.46. The summed E-state index contributed by atoms with van der Waals surface area (Å²) in [4.78, 5) is 19.8. The molecule has 0 fully saturated rings. The van der Waals surface area contributed by atoms with Gasteiger partial charge in [-0.2, -0.15) is 0 Å². The van der Waals surface area contributed by atoms with Crippen LogP contribution in [-0.2, 0) is 0 Å². The molecular weight excluding hydrogens is 681 g/mol. The largest absolute Gasteiger partial charge is 0.264 e. The minimum Gasteiger partial charge on any atom is -0.264 e. The van der Waals surface area contributed by atoms with Crippen LogP contribution in [0.4, 0.5) is 0 Å². The molecule has 2 aromatic heterocycles. The van der Waals surface area contributed by atoms with Crippen LogP contribution in [0.5, 0.6) is 0 Å². The highest BCUT2D eigenvalue weighted by molar-refractivity contribution is 6.26. The molecule has 0 aliphatic carbocycles. The number of aromatic nitrogens is 4. The maximum absolute atomic E-state index is 5.15. The van der Waals surface area contributed by atoms with Gasteiger partial charge >= 0.3 is 0 Å². The molecule has 0 spiro atoms. The average Bonchev–Trinajstić information content (AvgIpc) is 3.28. The zero-order valence-electron chi connectivity index (χ0n) is 30.3. The summed E-state index contributed by atoms with van der Waals surface area (Å²) in [5, 5.41) is 12.3. The number of benzene rings is 9. The highest BCUT2D eigenvalue weighted by atomic mass is 15.0. The van der Waals surface area contributed by atoms with Crippen molar-refractivity contribution in [2.45, 2.75) is 0 Å². The molecule has 0 N–H and O–H groups in total. The first-order valence-electron chi connectivity index (χ1n) is 18.9. The normalized spacial score (nSPS) is 11.6. The van der Waals surface area contributed by atoms with Crippen LogP contribution in [0.3, 0.4) is 0 Å². The molecule has 0 unspecified atom stereocenters. The molecular formula is C52H32N4. The van der Waals surface area contributed by atoms with E-state index in [9.17, 15) is 0 Å². The third-order valence-electron chi connectivity index (χ3n) is 10.9. The van der Waals surface area contributed by atoms with Crippen molar-refractivity contribution in [3.8, 4) is 56.4 Å². The Morgan fingerprint density at radius 2 is 0.768 bits per heavy atom. The minimum absolute atomic E-state index is 0.610. The molecule has 0 aliphatic rings. The SMILES string of the molecule is c1ccc(-c2nc(-c3ccccc3)nc(-c3cc(-c4cccnc4)cc(-c4c5ccccc5cc5c4ccc4c5ccc5c6ccccc6ccc54)c3)n2)cc1. The van der Waals surface area contributed by atoms with E-state index in [0.29, 0.717) is 17.5 Å². The van der Waals surface area contributed by atoms with Crippen LogP contribution in [-0.4, -0.2) is 19.9 Å². The van der Waals surface area contributed by atoms with Crippen molar-refractivity contribution in [3.05, 3.63) is 194 Å². The second kappa shape index (κ2) is 13.1. The summed E-state index contributed by atoms with van der Waals surface area (Å²) in [6.07, 6.45) is 3.74. The lowest BCUT2D eigenvalue weighted by Crippen LogP contribution is -2.00. The molecule has 2 heterocycles. The van der Waals surface area contributed by atoms with E-state index in [-0.39, 0.29) is 0 Å². The maximum Gasteiger partial charge on any atom is 0.164 e. The van der Waals surface area contributed by atoms with Gasteiger partial charge in [0.05, 0.1) is 0 Å². The maximum atomic E-state index is 5.15. The molecule has 0 radical (unpaired) electrons. The quantitative estimate of drug-likeness (QED) is 0.132. The topological polar surface area (TPSA) is 51.6 Å². The highest BCUT2D eigenvalue weighted by Gasteiger charge is 2.18. The molecule has 0 aliphatic heterocycles. The van der Waals surface area contributed by atoms with Crippen molar-refractivity contribution in [2.75, 3.05) is 0 Å². The summed E-state index contributed by atoms with van der Waals surface area (Å²) in [6, 6.07) is 64.5. The predicted octanol–water partition coefficient (Wildman–Crippen LogP) is 13.4. The summed E-state index contributed by atoms with van der Waals surface area (Å²) < 4.78 is 0. The van der Waals surface area contributed by atoms with Gasteiger partial charge in [0.1, 0.15) is 0 Å². The molecule has 0 saturated carbocycles. The molecule has 56 heavy (non-hydrogen) atoms. The van der Waals surface area contributed by atoms with Crippen LogP contribution in [0.15, 0.2) is 194 Å². The number of hydrogen-bond donors (Lipinski definition) is 0. The average molecular weight is 713 g/mol. The highest BCUT2D eigenvalue weighted by Crippen LogP contribution is 2.43. The fourth-order valence-corrected chi connectivity index (χ4v) is 8.30. The Hall–Kier alpha value is -7.56. The summed E-state index contributed by atoms with van der Waals surface area (Å²) in [5.74, 6) is 1.87. The third kappa shape index (κ3) is 5.39. The van der Waals surface area contributed by atoms with Crippen LogP contribution in [0.25, 0.3) is 110 Å². The molecule has 0 amide bonds. The van der Waals surface area contributed by atoms with E-state index in [1.165, 1.54) is 59.4 Å². The van der Waals surface area contributed by atoms with Crippen LogP contribution in [0, 0.1) is 0 Å². The van der Waals surface area contributed by atoms with Gasteiger partial charge in [0, 0.05) is 34.6 Å². The van der Waals surface area contributed by atoms with E-state index in [1.807, 2.05) is 79.1 Å². The van der Waals surface area contributed by atoms with Gasteiger partial charge in [-0.05, 0) is 101 Å². The van der Waals surface area contributed by atoms with E-state index in [4.69, 9.17) is 15.0 Å². The minimum atomic E-state index is 0.610. The Morgan fingerprint density at radius 1 is 0.268 bits per heavy atom. The summed E-state index contributed by atoms with van der Waals surface area (Å²) >= 11 is 0. The fourth-order valence-electron chi connectivity index (χ4n) is 8.30. The van der Waals surface area contributed by atoms with Crippen molar-refractivity contribution in [2.24, 2.45) is 0 Å². The van der Waals surface area contributed by atoms with E-state index in [0.717, 1.165) is 33.4 Å². The lowest BCUT2D eigenvalue weighted by molar-refractivity contribution is 1.07. The fraction of sp³-hybridized carbons (Fsp3) is 0. The third-order valence-corrected chi connectivity index (χ3v) is 10.9. The van der Waals surface area contributed by atoms with Gasteiger partial charge in [-0.25, -0.2) is 15.0 Å². The summed E-state index contributed by atoms with van der Waals surface area (Å²) in [5.41, 5.74) is 7.08. The first kappa shape index (κ1) is 31.9. The number of nitrogens with zero attached hydrogens (tertiary/aromatic N) is 4. The van der Waals surface area contributed by atoms with Gasteiger partial charge in [0.15, 0.2) is 17.5 Å². The van der Waals surface area contributed by atoms with E-state index in [2.05, 4.69) is 120 Å². The number of rotatable bonds is 5. The Morgan fingerprint density at radius 3 is 1.45 bits per heavy atom. The van der Waals surface area contributed by atoms with Crippen LogP contribution >= 0.6 is 0 Å². The van der Waals surface area contributed by atoms with Gasteiger partial charge in [-0.15, -0.1) is 0 Å². The molecule has 260 valence electrons. The van der Waals surface area contributed by atoms with Crippen molar-refractivity contribution >= 4 is 53.9 Å². The lowest BCUT2D eigenvalue weighted by Gasteiger charge is -2.17. The smallest absolute Gasteiger partial charge is 0.164 e. The zero-order chi connectivity index (χ0) is 37.0. The van der Waals surface area contributed by atoms with E-state index >= 15 is 0 Å². The monoisotopic (exact) mass is 712 g/mol. The Labute approximate surface area is 323 Å². The first-order chi connectivity index (χ1) is 27.7. The van der Waals surface area contributed by atoms with E-state index in [1.54, 1.807) is 0 Å². The van der Waals surface area contributed by atoms with Crippen molar-refractivity contribution in [3.63, 3.8) is 0 Å². The predicted molar refractivity (Wildman–Crippen MR) is 232 cm³/mol. The van der Waals surface area contributed by atoms with Crippen LogP contribution in [0.1, 0.15) is 0 Å². The molecule has 0 saturated heterocycles. The molecule has 9 aromatic carbocycles. The second-order valence-corrected chi connectivity index (χ2v) is 14.3. The van der Waals surface area contributed by atoms with Crippen molar-refractivity contribution in [1.82, 2.24) is 19.9 Å².